The molecule has 0 bridgehead atoms. The van der Waals surface area contributed by atoms with Crippen LogP contribution >= 0.6 is 0 Å². The number of hydrogen-bond acceptors (Lipinski definition) is 3. The van der Waals surface area contributed by atoms with Crippen LogP contribution in [0.5, 0.6) is 0 Å². The molecule has 102 valence electrons. The van der Waals surface area contributed by atoms with Crippen LogP contribution in [0.4, 0.5) is 0 Å². The molecular formula is C15H27N3. The molecule has 1 N–H and O–H groups in total. The Morgan fingerprint density at radius 1 is 1.17 bits per heavy atom. The first-order valence-electron chi connectivity index (χ1n) is 6.88. The van der Waals surface area contributed by atoms with Gasteiger partial charge < -0.3 is 5.32 Å². The van der Waals surface area contributed by atoms with Crippen molar-refractivity contribution in [3.63, 3.8) is 0 Å². The number of aryl methyl sites for hydroxylation is 1. The van der Waals surface area contributed by atoms with Gasteiger partial charge in [0, 0.05) is 37.9 Å². The van der Waals surface area contributed by atoms with E-state index in [0.29, 0.717) is 12.1 Å². The van der Waals surface area contributed by atoms with Gasteiger partial charge in [-0.25, -0.2) is 0 Å². The summed E-state index contributed by atoms with van der Waals surface area (Å²) >= 11 is 0. The van der Waals surface area contributed by atoms with E-state index in [9.17, 15) is 0 Å². The maximum atomic E-state index is 4.39. The standard InChI is InChI=1S/C15H27N3/c1-12(2)18(13(3)4)9-8-16-11-15-7-6-14(5)10-17-15/h6-7,10,12-13,16H,8-9,11H2,1-5H3. The summed E-state index contributed by atoms with van der Waals surface area (Å²) in [4.78, 5) is 6.88. The predicted octanol–water partition coefficient (Wildman–Crippen LogP) is 2.60. The molecule has 3 heteroatoms. The maximum Gasteiger partial charge on any atom is 0.0541 e. The molecule has 1 aromatic rings. The molecule has 0 fully saturated rings. The molecule has 1 aromatic heterocycles. The second-order valence-electron chi connectivity index (χ2n) is 5.43. The summed E-state index contributed by atoms with van der Waals surface area (Å²) in [6.45, 7) is 14.0. The molecule has 0 spiro atoms. The third-order valence-electron chi connectivity index (χ3n) is 3.15. The van der Waals surface area contributed by atoms with Crippen LogP contribution in [0.2, 0.25) is 0 Å². The van der Waals surface area contributed by atoms with E-state index in [1.165, 1.54) is 5.56 Å². The van der Waals surface area contributed by atoms with E-state index in [1.807, 2.05) is 6.20 Å². The number of nitrogens with zero attached hydrogens (tertiary/aromatic N) is 2. The fraction of sp³-hybridized carbons (Fsp3) is 0.667. The van der Waals surface area contributed by atoms with Gasteiger partial charge in [0.2, 0.25) is 0 Å². The Bertz CT molecular complexity index is 322. The lowest BCUT2D eigenvalue weighted by Crippen LogP contribution is -2.41. The monoisotopic (exact) mass is 249 g/mol. The SMILES string of the molecule is Cc1ccc(CNCCN(C(C)C)C(C)C)nc1. The highest BCUT2D eigenvalue weighted by Gasteiger charge is 2.11. The molecule has 0 aromatic carbocycles. The fourth-order valence-electron chi connectivity index (χ4n) is 2.14. The summed E-state index contributed by atoms with van der Waals surface area (Å²) in [7, 11) is 0. The molecule has 0 aliphatic rings. The van der Waals surface area contributed by atoms with Gasteiger partial charge in [-0.05, 0) is 46.2 Å². The lowest BCUT2D eigenvalue weighted by molar-refractivity contribution is 0.175. The van der Waals surface area contributed by atoms with Gasteiger partial charge in [0.05, 0.1) is 5.69 Å². The van der Waals surface area contributed by atoms with E-state index in [0.717, 1.165) is 25.3 Å². The second-order valence-corrected chi connectivity index (χ2v) is 5.43. The Hall–Kier alpha value is -0.930. The highest BCUT2D eigenvalue weighted by molar-refractivity contribution is 5.11. The molecule has 0 atom stereocenters. The van der Waals surface area contributed by atoms with Crippen molar-refractivity contribution in [3.8, 4) is 0 Å². The Kier molecular flexibility index (Phi) is 6.30. The zero-order chi connectivity index (χ0) is 13.5. The minimum Gasteiger partial charge on any atom is -0.310 e. The smallest absolute Gasteiger partial charge is 0.0541 e. The van der Waals surface area contributed by atoms with Crippen LogP contribution in [0.3, 0.4) is 0 Å². The van der Waals surface area contributed by atoms with Crippen LogP contribution in [-0.2, 0) is 6.54 Å². The Labute approximate surface area is 112 Å². The predicted molar refractivity (Wildman–Crippen MR) is 77.7 cm³/mol. The van der Waals surface area contributed by atoms with Crippen LogP contribution in [0.1, 0.15) is 39.0 Å². The van der Waals surface area contributed by atoms with Crippen molar-refractivity contribution in [2.45, 2.75) is 53.2 Å². The molecular weight excluding hydrogens is 222 g/mol. The van der Waals surface area contributed by atoms with Crippen molar-refractivity contribution in [2.24, 2.45) is 0 Å². The fourth-order valence-corrected chi connectivity index (χ4v) is 2.14. The topological polar surface area (TPSA) is 28.2 Å². The summed E-state index contributed by atoms with van der Waals surface area (Å²) in [5.41, 5.74) is 2.32. The highest BCUT2D eigenvalue weighted by Crippen LogP contribution is 2.03. The van der Waals surface area contributed by atoms with Gasteiger partial charge in [-0.1, -0.05) is 6.07 Å². The van der Waals surface area contributed by atoms with Crippen molar-refractivity contribution in [2.75, 3.05) is 13.1 Å². The number of aromatic nitrogens is 1. The highest BCUT2D eigenvalue weighted by atomic mass is 15.2. The Balaban J connectivity index is 2.27. The molecule has 1 rings (SSSR count). The van der Waals surface area contributed by atoms with Gasteiger partial charge in [0.15, 0.2) is 0 Å². The van der Waals surface area contributed by atoms with Gasteiger partial charge in [-0.2, -0.15) is 0 Å². The van der Waals surface area contributed by atoms with E-state index in [4.69, 9.17) is 0 Å². The van der Waals surface area contributed by atoms with Crippen molar-refractivity contribution in [1.29, 1.82) is 0 Å². The van der Waals surface area contributed by atoms with Crippen molar-refractivity contribution in [3.05, 3.63) is 29.6 Å². The third-order valence-corrected chi connectivity index (χ3v) is 3.15. The van der Waals surface area contributed by atoms with Gasteiger partial charge in [-0.15, -0.1) is 0 Å². The second kappa shape index (κ2) is 7.49. The Morgan fingerprint density at radius 3 is 2.33 bits per heavy atom. The van der Waals surface area contributed by atoms with Crippen molar-refractivity contribution in [1.82, 2.24) is 15.2 Å². The average Bonchev–Trinajstić information content (AvgIpc) is 2.30. The van der Waals surface area contributed by atoms with Crippen LogP contribution in [0, 0.1) is 6.92 Å². The molecule has 0 saturated heterocycles. The van der Waals surface area contributed by atoms with Crippen LogP contribution in [-0.4, -0.2) is 35.1 Å². The van der Waals surface area contributed by atoms with Gasteiger partial charge >= 0.3 is 0 Å². The minimum absolute atomic E-state index is 0.601. The Morgan fingerprint density at radius 2 is 1.83 bits per heavy atom. The summed E-state index contributed by atoms with van der Waals surface area (Å²) in [5.74, 6) is 0. The lowest BCUT2D eigenvalue weighted by atomic mass is 10.2. The van der Waals surface area contributed by atoms with E-state index in [1.54, 1.807) is 0 Å². The van der Waals surface area contributed by atoms with Gasteiger partial charge in [-0.3, -0.25) is 9.88 Å². The molecule has 0 radical (unpaired) electrons. The molecule has 1 heterocycles. The molecule has 0 saturated carbocycles. The first-order valence-corrected chi connectivity index (χ1v) is 6.88. The average molecular weight is 249 g/mol. The number of nitrogens with one attached hydrogen (secondary N) is 1. The zero-order valence-corrected chi connectivity index (χ0v) is 12.4. The minimum atomic E-state index is 0.601. The molecule has 0 amide bonds. The van der Waals surface area contributed by atoms with Crippen LogP contribution < -0.4 is 5.32 Å². The van der Waals surface area contributed by atoms with Crippen molar-refractivity contribution >= 4 is 0 Å². The number of hydrogen-bond donors (Lipinski definition) is 1. The van der Waals surface area contributed by atoms with E-state index < -0.39 is 0 Å². The molecule has 3 nitrogen and oxygen atoms in total. The van der Waals surface area contributed by atoms with E-state index in [-0.39, 0.29) is 0 Å². The molecule has 0 unspecified atom stereocenters. The molecule has 0 aliphatic heterocycles. The first kappa shape index (κ1) is 15.1. The molecule has 18 heavy (non-hydrogen) atoms. The summed E-state index contributed by atoms with van der Waals surface area (Å²) < 4.78 is 0. The van der Waals surface area contributed by atoms with Crippen LogP contribution in [0.15, 0.2) is 18.3 Å². The van der Waals surface area contributed by atoms with Crippen LogP contribution in [0.25, 0.3) is 0 Å². The normalized spacial score (nSPS) is 11.8. The van der Waals surface area contributed by atoms with Crippen molar-refractivity contribution < 1.29 is 0 Å². The largest absolute Gasteiger partial charge is 0.310 e. The summed E-state index contributed by atoms with van der Waals surface area (Å²) in [6.07, 6.45) is 1.92. The molecule has 0 aliphatic carbocycles. The third kappa shape index (κ3) is 5.15. The first-order chi connectivity index (χ1) is 8.50. The van der Waals surface area contributed by atoms with E-state index in [2.05, 4.69) is 62.0 Å². The summed E-state index contributed by atoms with van der Waals surface area (Å²) in [6, 6.07) is 5.40. The van der Waals surface area contributed by atoms with Gasteiger partial charge in [0.25, 0.3) is 0 Å². The number of rotatable bonds is 7. The number of pyridine rings is 1. The van der Waals surface area contributed by atoms with E-state index >= 15 is 0 Å². The lowest BCUT2D eigenvalue weighted by Gasteiger charge is -2.30. The maximum absolute atomic E-state index is 4.39. The van der Waals surface area contributed by atoms with Gasteiger partial charge in [0.1, 0.15) is 0 Å². The quantitative estimate of drug-likeness (QED) is 0.753. The summed E-state index contributed by atoms with van der Waals surface area (Å²) in [5, 5.41) is 3.46. The zero-order valence-electron chi connectivity index (χ0n) is 12.4.